The van der Waals surface area contributed by atoms with E-state index in [9.17, 15) is 73.6 Å². The Balaban J connectivity index is -0.000000276. The van der Waals surface area contributed by atoms with Gasteiger partial charge in [0.2, 0.25) is 0 Å². The molecule has 0 bridgehead atoms. The summed E-state index contributed by atoms with van der Waals surface area (Å²) < 4.78 is 294. The van der Waals surface area contributed by atoms with Gasteiger partial charge in [-0.15, -0.1) is 0 Å². The van der Waals surface area contributed by atoms with E-state index in [1.54, 1.807) is 87.5 Å². The highest BCUT2D eigenvalue weighted by molar-refractivity contribution is 9.10. The number of likely N-dealkylation sites (tertiary alicyclic amines) is 2. The van der Waals surface area contributed by atoms with Gasteiger partial charge in [0.15, 0.2) is 104 Å². The van der Waals surface area contributed by atoms with Crippen molar-refractivity contribution in [3.8, 4) is 46.0 Å². The Labute approximate surface area is 847 Å². The molecule has 2 saturated heterocycles. The van der Waals surface area contributed by atoms with Crippen molar-refractivity contribution in [2.45, 2.75) is 237 Å². The van der Waals surface area contributed by atoms with Gasteiger partial charge in [-0.25, -0.2) is 35.1 Å². The van der Waals surface area contributed by atoms with Crippen molar-refractivity contribution in [1.82, 2.24) is 9.80 Å². The smallest absolute Gasteiger partial charge is 0.264 e. The van der Waals surface area contributed by atoms with Crippen LogP contribution in [0.5, 0.6) is 46.0 Å². The molecular weight excluding hydrogens is 1910 g/mol. The second-order valence-electron chi connectivity index (χ2n) is 36.1. The summed E-state index contributed by atoms with van der Waals surface area (Å²) in [6.07, 6.45) is 18.2. The van der Waals surface area contributed by atoms with Crippen molar-refractivity contribution in [1.29, 1.82) is 0 Å². The SMILES string of the molecule is CC[C@@H](C)C(=O)c1ccc(OC2CC2)c(F)c1.C[C@H](CN1CCCC1)[C@H](O)c1ccc(OC2CC2)c(F)c1.C[C@H](CO)C(=O)c1ccc(OC2CC2)c(F)c1.C[C@H](CO)[C@H](O)c1ccc(OC2CC2)c(F)c1.C[C@H](COS(C)(=O)=O)[C@H](O)c1ccc(OC2CC2)c(F)c1.Fc1cc(Br)ccc1OC1CC1.N[C@H](CN1CCCC1)[C@H](O)c1ccc(OC2CC2)c(F)c1.Oc1ccc(Br)cc1F.[2HH].[2HH].[2HH].[2HH].[2HH].[2H][2H].[2H][2H].[2H][2H].[2H][2H].[2H][2H].[2H][2H].[2H][2H].[2H][2H].[2H][2H].[2H][2H].[2H][2H].[2H][2H]. The summed E-state index contributed by atoms with van der Waals surface area (Å²) >= 11 is 6.23. The molecule has 135 heavy (non-hydrogen) atoms. The standard InChI is InChI=1S/C17H24FNO2.C16H23FN2O2.C14H19FO5S.C14H17FO2.C13H17FO3.C13H15FO3.C9H8BrFO.C6H4BrFO.17H2/c1-12(11-19-8-2-3-9-19)17(20)13-4-7-16(15(18)10-13)21-14-5-6-14;17-13-9-11(3-6-15(13)21-12-4-5-12)16(20)14(18)10-19-7-1-2-8-19;1-9(8-19-21(2,17)18)14(16)10-3-6-13(12(15)7-10)20-11-4-5-11;1-3-9(2)14(16)10-4-7-13(12(15)8-10)17-11-5-6-11;2*1-8(7-15)13(16)9-2-5-12(11(14)6-9)17-10-3-4-10;10-6-1-4-9(8(11)5-6)12-7-2-3-7;7-4-1-2-6(9)5(8)3-4;;;;;;;;;;;;;;;;;/h4,7,10,12,14,17,20H,2-3,5-6,8-9,11H2,1H3;3,6,9,12,14,16,20H,1-2,4-5,7-8,10,18H2;3,6-7,9,11,14,16H,4-5,8H2,1-2H3;4,7-9,11H,3,5-6H2,1-2H3;2,5-6,8,10,13,15-16H,3-4,7H2,1H3;2,5-6,8,10,15H,3-4,7H2,1H3;1,4-5,7H,2-3H2;1-3,9H;17*1H/t12-,17+;14-,16-;9-,14+;9-;8-,13+;8-;;;;;;;;;;;;;;;;;;;/m111111.................../s1/i;;;;;;;;12*1+1D;5*1+1. The van der Waals surface area contributed by atoms with Crippen LogP contribution >= 0.6 is 31.9 Å². The average Bonchev–Trinajstić information content (AvgIpc) is 1.82. The lowest BCUT2D eigenvalue weighted by atomic mass is 9.96. The van der Waals surface area contributed by atoms with Crippen LogP contribution in [0.3, 0.4) is 0 Å². The number of aliphatic hydroxyl groups is 6. The minimum atomic E-state index is -3.56. The monoisotopic (exact) mass is 2100 g/mol. The number of halogens is 10. The van der Waals surface area contributed by atoms with E-state index in [4.69, 9.17) is 89.8 Å². The minimum Gasteiger partial charge on any atom is -0.505 e. The van der Waals surface area contributed by atoms with Crippen LogP contribution in [0.2, 0.25) is 0 Å². The van der Waals surface area contributed by atoms with Crippen LogP contribution in [0.15, 0.2) is 155 Å². The number of hydrogen-bond acceptors (Lipinski definition) is 22. The largest absolute Gasteiger partial charge is 0.505 e. The molecule has 2 heterocycles. The number of carbonyl (C=O) groups is 2. The molecule has 0 amide bonds. The summed E-state index contributed by atoms with van der Waals surface area (Å²) in [5, 5.41) is 67.1. The Bertz CT molecular complexity index is 5170. The molecule has 22 nitrogen and oxygen atoms in total. The van der Waals surface area contributed by atoms with E-state index in [1.807, 2.05) is 20.8 Å². The van der Waals surface area contributed by atoms with Gasteiger partial charge in [-0.2, -0.15) is 8.42 Å². The summed E-state index contributed by atoms with van der Waals surface area (Å²) in [6.45, 7) is 16.0. The number of Topliss-reactive ketones (excluding diaryl/α,β-unsaturated/α-hetero) is 2. The lowest BCUT2D eigenvalue weighted by Gasteiger charge is -2.24. The van der Waals surface area contributed by atoms with E-state index in [1.165, 1.54) is 105 Å². The van der Waals surface area contributed by atoms with Crippen LogP contribution in [-0.2, 0) is 14.3 Å². The van der Waals surface area contributed by atoms with E-state index in [0.29, 0.717) is 50.3 Å². The fourth-order valence-electron chi connectivity index (χ4n) is 13.6. The predicted octanol–water partition coefficient (Wildman–Crippen LogP) is 24.4. The van der Waals surface area contributed by atoms with Crippen LogP contribution in [0.4, 0.5) is 35.1 Å². The van der Waals surface area contributed by atoms with Gasteiger partial charge in [0, 0.05) is 112 Å². The molecule has 8 aromatic rings. The third-order valence-electron chi connectivity index (χ3n) is 23.2. The summed E-state index contributed by atoms with van der Waals surface area (Å²) in [5.41, 5.74) is 8.75. The van der Waals surface area contributed by atoms with Gasteiger partial charge >= 0.3 is 0 Å². The number of benzene rings is 8. The molecule has 7 saturated carbocycles. The van der Waals surface area contributed by atoms with Crippen molar-refractivity contribution in [3.63, 3.8) is 0 Å². The average molecular weight is 2110 g/mol. The fraction of sp³-hybridized carbons (Fsp3) is 0.510. The van der Waals surface area contributed by atoms with Gasteiger partial charge in [0.1, 0.15) is 0 Å². The Morgan fingerprint density at radius 1 is 0.400 bits per heavy atom. The second kappa shape index (κ2) is 52.5. The zero-order chi connectivity index (χ0) is 122. The van der Waals surface area contributed by atoms with Gasteiger partial charge < -0.3 is 84.4 Å². The van der Waals surface area contributed by atoms with E-state index >= 15 is 0 Å². The van der Waals surface area contributed by atoms with Crippen LogP contribution in [-0.4, -0.2) is 180 Å². The normalized spacial score (nSPS) is 19.1. The molecule has 0 aromatic heterocycles. The lowest BCUT2D eigenvalue weighted by Crippen LogP contribution is -2.40. The van der Waals surface area contributed by atoms with Gasteiger partial charge in [-0.1, -0.05) is 97.7 Å². The van der Waals surface area contributed by atoms with Gasteiger partial charge in [0.05, 0.1) is 86.6 Å². The molecule has 0 unspecified atom stereocenters. The van der Waals surface area contributed by atoms with Crippen LogP contribution in [0.1, 0.15) is 274 Å². The fourth-order valence-corrected chi connectivity index (χ4v) is 14.8. The molecule has 0 spiro atoms. The van der Waals surface area contributed by atoms with E-state index in [-0.39, 0.29) is 151 Å². The number of aliphatic hydroxyl groups excluding tert-OH is 6. The molecule has 9 N–H and O–H groups in total. The number of hydrogen-bond donors (Lipinski definition) is 8. The highest BCUT2D eigenvalue weighted by atomic mass is 79.9. The molecule has 8 aromatic carbocycles. The zero-order valence-electron chi connectivity index (χ0n) is 101. The van der Waals surface area contributed by atoms with Crippen molar-refractivity contribution in [2.24, 2.45) is 35.3 Å². The quantitative estimate of drug-likeness (QED) is 0.0103. The second-order valence-corrected chi connectivity index (χ2v) is 39.6. The number of phenolic OH excluding ortho intramolecular Hbond substituents is 1. The first kappa shape index (κ1) is 91.5. The van der Waals surface area contributed by atoms with Crippen LogP contribution in [0, 0.1) is 76.1 Å². The Morgan fingerprint density at radius 2 is 0.681 bits per heavy atom. The minimum absolute atomic E-state index is 0. The number of nitrogens with zero attached hydrogens (tertiary/aromatic N) is 2. The number of carbonyl (C=O) groups excluding carboxylic acids is 2. The Hall–Kier alpha value is -8.55. The third-order valence-corrected chi connectivity index (χ3v) is 24.8. The van der Waals surface area contributed by atoms with Crippen molar-refractivity contribution in [3.05, 3.63) is 234 Å². The summed E-state index contributed by atoms with van der Waals surface area (Å²) in [5.74, 6) is -3.73. The first-order valence-electron chi connectivity index (χ1n) is 58.4. The summed E-state index contributed by atoms with van der Waals surface area (Å²) in [6, 6.07) is 35.4. The maximum Gasteiger partial charge on any atom is 0.264 e. The lowest BCUT2D eigenvalue weighted by molar-refractivity contribution is 0.0766. The molecular formula is C102H161Br2F8N3O19S. The van der Waals surface area contributed by atoms with Gasteiger partial charge in [-0.05, 0) is 298 Å². The molecule has 7 aliphatic carbocycles. The number of ether oxygens (including phenoxy) is 7. The Kier molecular flexibility index (Phi) is 35.6. The zero-order valence-corrected chi connectivity index (χ0v) is 81.1. The summed E-state index contributed by atoms with van der Waals surface area (Å²) in [7, 11) is -3.56. The number of ketones is 2. The first-order chi connectivity index (χ1) is 76.3. The Morgan fingerprint density at radius 3 is 0.970 bits per heavy atom. The van der Waals surface area contributed by atoms with Gasteiger partial charge in [-0.3, -0.25) is 13.8 Å². The third kappa shape index (κ3) is 37.3. The van der Waals surface area contributed by atoms with E-state index in [0.717, 1.165) is 140 Å². The predicted molar refractivity (Wildman–Crippen MR) is 539 cm³/mol. The molecule has 9 aliphatic rings. The molecule has 17 rings (SSSR count). The number of phenols is 1. The molecule has 0 radical (unpaired) electrons. The van der Waals surface area contributed by atoms with Crippen molar-refractivity contribution < 1.29 is 169 Å². The first-order valence-corrected chi connectivity index (χ1v) is 49.8. The maximum absolute atomic E-state index is 14.0. The molecule has 10 atom stereocenters. The van der Waals surface area contributed by atoms with Crippen LogP contribution < -0.4 is 38.9 Å². The maximum atomic E-state index is 14.0. The number of rotatable bonds is 36. The molecule has 9 fully saturated rings. The molecule has 33 heteroatoms. The highest BCUT2D eigenvalue weighted by Crippen LogP contribution is 2.39. The molecule has 774 valence electrons. The van der Waals surface area contributed by atoms with Gasteiger partial charge in [0.25, 0.3) is 10.1 Å². The van der Waals surface area contributed by atoms with Crippen molar-refractivity contribution >= 4 is 53.5 Å². The topological polar surface area (TPSA) is 316 Å². The van der Waals surface area contributed by atoms with Crippen LogP contribution in [0.25, 0.3) is 0 Å². The highest BCUT2D eigenvalue weighted by Gasteiger charge is 2.34. The van der Waals surface area contributed by atoms with E-state index in [2.05, 4.69) is 45.8 Å². The molecule has 2 aliphatic heterocycles. The van der Waals surface area contributed by atoms with Crippen molar-refractivity contribution in [2.75, 3.05) is 65.3 Å². The number of aromatic hydroxyl groups is 1. The summed E-state index contributed by atoms with van der Waals surface area (Å²) in [4.78, 5) is 28.2. The van der Waals surface area contributed by atoms with E-state index < -0.39 is 87.3 Å². The number of nitrogens with two attached hydrogens (primary N) is 1.